The van der Waals surface area contributed by atoms with Gasteiger partial charge >= 0.3 is 5.97 Å². The molecule has 0 saturated carbocycles. The van der Waals surface area contributed by atoms with Gasteiger partial charge in [-0.25, -0.2) is 0 Å². The van der Waals surface area contributed by atoms with Crippen LogP contribution >= 0.6 is 0 Å². The summed E-state index contributed by atoms with van der Waals surface area (Å²) in [6.07, 6.45) is -0.193. The van der Waals surface area contributed by atoms with Crippen LogP contribution in [0.4, 0.5) is 0 Å². The second-order valence-corrected chi connectivity index (χ2v) is 6.94. The SMILES string of the molecule is CC(C)c1cccc(OCC(=O)N2CCOC(CN(C)CC(=O)O)C2)c1. The third kappa shape index (κ3) is 6.31. The van der Waals surface area contributed by atoms with Crippen LogP contribution in [0, 0.1) is 0 Å². The monoisotopic (exact) mass is 364 g/mol. The molecule has 1 aromatic carbocycles. The standard InChI is InChI=1S/C19H28N2O5/c1-14(2)15-5-4-6-16(9-15)26-13-18(22)21-7-8-25-17(11-21)10-20(3)12-19(23)24/h4-6,9,14,17H,7-8,10-13H2,1-3H3,(H,23,24). The Balaban J connectivity index is 1.83. The number of hydrogen-bond donors (Lipinski definition) is 1. The minimum Gasteiger partial charge on any atom is -0.484 e. The Labute approximate surface area is 154 Å². The Kier molecular flexibility index (Phi) is 7.41. The maximum Gasteiger partial charge on any atom is 0.317 e. The van der Waals surface area contributed by atoms with Crippen molar-refractivity contribution >= 4 is 11.9 Å². The van der Waals surface area contributed by atoms with E-state index in [4.69, 9.17) is 14.6 Å². The van der Waals surface area contributed by atoms with E-state index in [1.54, 1.807) is 16.8 Å². The second kappa shape index (κ2) is 9.54. The molecule has 144 valence electrons. The Morgan fingerprint density at radius 1 is 1.42 bits per heavy atom. The lowest BCUT2D eigenvalue weighted by atomic mass is 10.0. The molecule has 0 spiro atoms. The van der Waals surface area contributed by atoms with Gasteiger partial charge < -0.3 is 19.5 Å². The molecular formula is C19H28N2O5. The normalized spacial score (nSPS) is 17.6. The van der Waals surface area contributed by atoms with Gasteiger partial charge in [-0.05, 0) is 30.7 Å². The molecule has 0 aromatic heterocycles. The van der Waals surface area contributed by atoms with E-state index in [9.17, 15) is 9.59 Å². The molecule has 0 bridgehead atoms. The molecule has 0 radical (unpaired) electrons. The van der Waals surface area contributed by atoms with E-state index >= 15 is 0 Å². The molecule has 1 amide bonds. The van der Waals surface area contributed by atoms with Crippen molar-refractivity contribution in [3.05, 3.63) is 29.8 Å². The number of nitrogens with zero attached hydrogens (tertiary/aromatic N) is 2. The highest BCUT2D eigenvalue weighted by atomic mass is 16.5. The minimum absolute atomic E-state index is 0.0146. The maximum atomic E-state index is 12.4. The van der Waals surface area contributed by atoms with E-state index in [-0.39, 0.29) is 25.2 Å². The number of aliphatic carboxylic acids is 1. The van der Waals surface area contributed by atoms with Gasteiger partial charge in [-0.2, -0.15) is 0 Å². The van der Waals surface area contributed by atoms with E-state index < -0.39 is 5.97 Å². The van der Waals surface area contributed by atoms with Crippen LogP contribution < -0.4 is 4.74 Å². The lowest BCUT2D eigenvalue weighted by Crippen LogP contribution is -2.50. The molecule has 1 N–H and O–H groups in total. The Morgan fingerprint density at radius 2 is 2.19 bits per heavy atom. The Morgan fingerprint density at radius 3 is 2.88 bits per heavy atom. The van der Waals surface area contributed by atoms with Crippen molar-refractivity contribution in [3.8, 4) is 5.75 Å². The van der Waals surface area contributed by atoms with E-state index in [0.29, 0.717) is 37.9 Å². The average Bonchev–Trinajstić information content (AvgIpc) is 2.59. The van der Waals surface area contributed by atoms with Gasteiger partial charge in [0.1, 0.15) is 5.75 Å². The Hall–Kier alpha value is -2.12. The molecule has 1 unspecified atom stereocenters. The molecule has 7 heteroatoms. The summed E-state index contributed by atoms with van der Waals surface area (Å²) in [5.74, 6) is 0.120. The first kappa shape index (κ1) is 20.2. The van der Waals surface area contributed by atoms with Gasteiger partial charge in [-0.1, -0.05) is 26.0 Å². The van der Waals surface area contributed by atoms with Crippen LogP contribution in [0.3, 0.4) is 0 Å². The number of amides is 1. The number of carbonyl (C=O) groups excluding carboxylic acids is 1. The summed E-state index contributed by atoms with van der Waals surface area (Å²) >= 11 is 0. The Bertz CT molecular complexity index is 620. The molecule has 1 aliphatic rings. The van der Waals surface area contributed by atoms with Gasteiger partial charge in [0, 0.05) is 19.6 Å². The smallest absolute Gasteiger partial charge is 0.317 e. The average molecular weight is 364 g/mol. The van der Waals surface area contributed by atoms with Crippen LogP contribution in [0.1, 0.15) is 25.3 Å². The number of hydrogen-bond acceptors (Lipinski definition) is 5. The third-order valence-electron chi connectivity index (χ3n) is 4.30. The number of morpholine rings is 1. The first-order valence-electron chi connectivity index (χ1n) is 8.87. The molecule has 1 saturated heterocycles. The largest absolute Gasteiger partial charge is 0.484 e. The predicted octanol–water partition coefficient (Wildman–Crippen LogP) is 1.43. The summed E-state index contributed by atoms with van der Waals surface area (Å²) in [4.78, 5) is 26.6. The number of benzene rings is 1. The number of carboxylic acids is 1. The van der Waals surface area contributed by atoms with Crippen LogP contribution in [0.2, 0.25) is 0 Å². The number of likely N-dealkylation sites (N-methyl/N-ethyl adjacent to an activating group) is 1. The fraction of sp³-hybridized carbons (Fsp3) is 0.579. The molecule has 1 atom stereocenters. The fourth-order valence-corrected chi connectivity index (χ4v) is 2.90. The van der Waals surface area contributed by atoms with Gasteiger partial charge in [0.25, 0.3) is 5.91 Å². The third-order valence-corrected chi connectivity index (χ3v) is 4.30. The second-order valence-electron chi connectivity index (χ2n) is 6.94. The molecule has 1 fully saturated rings. The van der Waals surface area contributed by atoms with Crippen molar-refractivity contribution in [3.63, 3.8) is 0 Å². The summed E-state index contributed by atoms with van der Waals surface area (Å²) in [5, 5.41) is 8.82. The highest BCUT2D eigenvalue weighted by Crippen LogP contribution is 2.20. The lowest BCUT2D eigenvalue weighted by molar-refractivity contribution is -0.143. The van der Waals surface area contributed by atoms with Gasteiger partial charge in [0.05, 0.1) is 19.3 Å². The van der Waals surface area contributed by atoms with E-state index in [1.165, 1.54) is 5.56 Å². The van der Waals surface area contributed by atoms with Gasteiger partial charge in [0.15, 0.2) is 6.61 Å². The molecule has 26 heavy (non-hydrogen) atoms. The summed E-state index contributed by atoms with van der Waals surface area (Å²) in [6.45, 7) is 6.03. The van der Waals surface area contributed by atoms with Crippen molar-refractivity contribution in [1.82, 2.24) is 9.80 Å². The highest BCUT2D eigenvalue weighted by molar-refractivity contribution is 5.78. The van der Waals surface area contributed by atoms with Crippen molar-refractivity contribution in [2.24, 2.45) is 0 Å². The fourth-order valence-electron chi connectivity index (χ4n) is 2.90. The zero-order valence-electron chi connectivity index (χ0n) is 15.7. The number of carboxylic acid groups (broad SMARTS) is 1. The zero-order valence-corrected chi connectivity index (χ0v) is 15.7. The molecular weight excluding hydrogens is 336 g/mol. The highest BCUT2D eigenvalue weighted by Gasteiger charge is 2.25. The van der Waals surface area contributed by atoms with Gasteiger partial charge in [0.2, 0.25) is 0 Å². The van der Waals surface area contributed by atoms with Crippen molar-refractivity contribution < 1.29 is 24.2 Å². The summed E-state index contributed by atoms with van der Waals surface area (Å²) < 4.78 is 11.3. The van der Waals surface area contributed by atoms with E-state index in [0.717, 1.165) is 0 Å². The van der Waals surface area contributed by atoms with E-state index in [1.807, 2.05) is 24.3 Å². The molecule has 0 aliphatic carbocycles. The summed E-state index contributed by atoms with van der Waals surface area (Å²) in [7, 11) is 1.73. The topological polar surface area (TPSA) is 79.3 Å². The first-order valence-corrected chi connectivity index (χ1v) is 8.87. The lowest BCUT2D eigenvalue weighted by Gasteiger charge is -2.34. The van der Waals surface area contributed by atoms with Gasteiger partial charge in [-0.3, -0.25) is 14.5 Å². The predicted molar refractivity (Wildman–Crippen MR) is 97.5 cm³/mol. The molecule has 7 nitrogen and oxygen atoms in total. The molecule has 1 aliphatic heterocycles. The van der Waals surface area contributed by atoms with Crippen molar-refractivity contribution in [1.29, 1.82) is 0 Å². The van der Waals surface area contributed by atoms with E-state index in [2.05, 4.69) is 13.8 Å². The summed E-state index contributed by atoms with van der Waals surface area (Å²) in [6, 6.07) is 7.78. The van der Waals surface area contributed by atoms with Crippen LogP contribution in [0.15, 0.2) is 24.3 Å². The van der Waals surface area contributed by atoms with Crippen LogP contribution in [0.5, 0.6) is 5.75 Å². The molecule has 1 aromatic rings. The van der Waals surface area contributed by atoms with Crippen molar-refractivity contribution in [2.45, 2.75) is 25.9 Å². The van der Waals surface area contributed by atoms with Crippen LogP contribution in [-0.2, 0) is 14.3 Å². The quantitative estimate of drug-likeness (QED) is 0.752. The van der Waals surface area contributed by atoms with Gasteiger partial charge in [-0.15, -0.1) is 0 Å². The minimum atomic E-state index is -0.881. The molecule has 2 rings (SSSR count). The number of carbonyl (C=O) groups is 2. The summed E-state index contributed by atoms with van der Waals surface area (Å²) in [5.41, 5.74) is 1.17. The van der Waals surface area contributed by atoms with Crippen LogP contribution in [0.25, 0.3) is 0 Å². The van der Waals surface area contributed by atoms with Crippen LogP contribution in [-0.4, -0.2) is 79.3 Å². The zero-order chi connectivity index (χ0) is 19.1. The molecule has 1 heterocycles. The van der Waals surface area contributed by atoms with Crippen molar-refractivity contribution in [2.75, 3.05) is 46.4 Å². The number of ether oxygens (including phenoxy) is 2. The first-order chi connectivity index (χ1) is 12.3. The number of rotatable bonds is 8. The maximum absolute atomic E-state index is 12.4.